The molecule has 0 radical (unpaired) electrons. The molecule has 1 aromatic heterocycles. The zero-order chi connectivity index (χ0) is 13.1. The van der Waals surface area contributed by atoms with Gasteiger partial charge in [-0.15, -0.1) is 11.3 Å². The second kappa shape index (κ2) is 5.46. The SMILES string of the molecule is Cc1csc(COc2ccc(F)cc2[C@@H](C)N)n1. The summed E-state index contributed by atoms with van der Waals surface area (Å²) in [6.45, 7) is 4.12. The van der Waals surface area contributed by atoms with Gasteiger partial charge in [0.1, 0.15) is 23.2 Å². The molecule has 96 valence electrons. The highest BCUT2D eigenvalue weighted by Gasteiger charge is 2.10. The molecule has 5 heteroatoms. The van der Waals surface area contributed by atoms with Crippen LogP contribution in [0, 0.1) is 12.7 Å². The molecule has 1 aromatic carbocycles. The van der Waals surface area contributed by atoms with Crippen molar-refractivity contribution < 1.29 is 9.13 Å². The molecule has 0 saturated heterocycles. The molecule has 0 amide bonds. The van der Waals surface area contributed by atoms with Gasteiger partial charge in [0.25, 0.3) is 0 Å². The van der Waals surface area contributed by atoms with Crippen LogP contribution in [0.15, 0.2) is 23.6 Å². The lowest BCUT2D eigenvalue weighted by Crippen LogP contribution is -2.08. The van der Waals surface area contributed by atoms with Crippen LogP contribution in [0.25, 0.3) is 0 Å². The van der Waals surface area contributed by atoms with E-state index in [0.717, 1.165) is 10.7 Å². The molecule has 2 aromatic rings. The minimum Gasteiger partial charge on any atom is -0.486 e. The first kappa shape index (κ1) is 13.0. The highest BCUT2D eigenvalue weighted by Crippen LogP contribution is 2.25. The topological polar surface area (TPSA) is 48.1 Å². The third-order valence-electron chi connectivity index (χ3n) is 2.48. The van der Waals surface area contributed by atoms with E-state index in [1.54, 1.807) is 24.3 Å². The van der Waals surface area contributed by atoms with Crippen molar-refractivity contribution in [3.8, 4) is 5.75 Å². The van der Waals surface area contributed by atoms with Gasteiger partial charge in [0, 0.05) is 22.7 Å². The molecule has 0 aliphatic heterocycles. The third-order valence-corrected chi connectivity index (χ3v) is 3.42. The number of rotatable bonds is 4. The average molecular weight is 266 g/mol. The van der Waals surface area contributed by atoms with E-state index in [0.29, 0.717) is 17.9 Å². The van der Waals surface area contributed by atoms with E-state index in [1.807, 2.05) is 12.3 Å². The maximum atomic E-state index is 13.2. The Morgan fingerprint density at radius 3 is 2.89 bits per heavy atom. The number of halogens is 1. The first-order chi connectivity index (χ1) is 8.56. The van der Waals surface area contributed by atoms with E-state index < -0.39 is 0 Å². The van der Waals surface area contributed by atoms with Crippen LogP contribution < -0.4 is 10.5 Å². The molecule has 0 aliphatic carbocycles. The van der Waals surface area contributed by atoms with Crippen molar-refractivity contribution in [3.05, 3.63) is 45.7 Å². The lowest BCUT2D eigenvalue weighted by molar-refractivity contribution is 0.300. The highest BCUT2D eigenvalue weighted by atomic mass is 32.1. The fourth-order valence-electron chi connectivity index (χ4n) is 1.62. The zero-order valence-corrected chi connectivity index (χ0v) is 11.1. The number of benzene rings is 1. The molecule has 0 unspecified atom stereocenters. The summed E-state index contributed by atoms with van der Waals surface area (Å²) in [6, 6.07) is 4.12. The molecular formula is C13H15FN2OS. The number of ether oxygens (including phenoxy) is 1. The molecule has 2 N–H and O–H groups in total. The summed E-state index contributed by atoms with van der Waals surface area (Å²) in [5.41, 5.74) is 7.44. The monoisotopic (exact) mass is 266 g/mol. The molecular weight excluding hydrogens is 251 g/mol. The predicted octanol–water partition coefficient (Wildman–Crippen LogP) is 3.19. The number of nitrogens with zero attached hydrogens (tertiary/aromatic N) is 1. The predicted molar refractivity (Wildman–Crippen MR) is 70.2 cm³/mol. The first-order valence-corrected chi connectivity index (χ1v) is 6.53. The summed E-state index contributed by atoms with van der Waals surface area (Å²) in [4.78, 5) is 4.31. The van der Waals surface area contributed by atoms with Gasteiger partial charge in [-0.25, -0.2) is 9.37 Å². The van der Waals surface area contributed by atoms with Crippen molar-refractivity contribution in [2.45, 2.75) is 26.5 Å². The minimum absolute atomic E-state index is 0.270. The van der Waals surface area contributed by atoms with Gasteiger partial charge < -0.3 is 10.5 Å². The largest absolute Gasteiger partial charge is 0.486 e. The van der Waals surface area contributed by atoms with E-state index in [4.69, 9.17) is 10.5 Å². The van der Waals surface area contributed by atoms with Gasteiger partial charge in [0.05, 0.1) is 0 Å². The van der Waals surface area contributed by atoms with Crippen LogP contribution in [-0.4, -0.2) is 4.98 Å². The molecule has 0 aliphatic rings. The van der Waals surface area contributed by atoms with Crippen LogP contribution in [0.1, 0.15) is 29.2 Å². The number of hydrogen-bond acceptors (Lipinski definition) is 4. The Kier molecular flexibility index (Phi) is 3.93. The fourth-order valence-corrected chi connectivity index (χ4v) is 2.30. The van der Waals surface area contributed by atoms with Crippen LogP contribution in [0.3, 0.4) is 0 Å². The first-order valence-electron chi connectivity index (χ1n) is 5.65. The molecule has 1 atom stereocenters. The fraction of sp³-hybridized carbons (Fsp3) is 0.308. The quantitative estimate of drug-likeness (QED) is 0.924. The molecule has 0 saturated carbocycles. The van der Waals surface area contributed by atoms with E-state index >= 15 is 0 Å². The van der Waals surface area contributed by atoms with Crippen molar-refractivity contribution in [1.29, 1.82) is 0 Å². The minimum atomic E-state index is -0.306. The summed E-state index contributed by atoms with van der Waals surface area (Å²) in [5, 5.41) is 2.86. The van der Waals surface area contributed by atoms with E-state index in [-0.39, 0.29) is 11.9 Å². The standard InChI is InChI=1S/C13H15FN2OS/c1-8-7-18-13(16-8)6-17-12-4-3-10(14)5-11(12)9(2)15/h3-5,7,9H,6,15H2,1-2H3/t9-/m1/s1. The molecule has 18 heavy (non-hydrogen) atoms. The van der Waals surface area contributed by atoms with Crippen LogP contribution in [0.5, 0.6) is 5.75 Å². The highest BCUT2D eigenvalue weighted by molar-refractivity contribution is 7.09. The normalized spacial score (nSPS) is 12.4. The second-order valence-corrected chi connectivity index (χ2v) is 5.08. The molecule has 3 nitrogen and oxygen atoms in total. The van der Waals surface area contributed by atoms with Crippen molar-refractivity contribution in [2.24, 2.45) is 5.73 Å². The van der Waals surface area contributed by atoms with Crippen molar-refractivity contribution in [1.82, 2.24) is 4.98 Å². The van der Waals surface area contributed by atoms with Crippen LogP contribution in [0.2, 0.25) is 0 Å². The van der Waals surface area contributed by atoms with Crippen molar-refractivity contribution in [2.75, 3.05) is 0 Å². The third kappa shape index (κ3) is 3.05. The second-order valence-electron chi connectivity index (χ2n) is 4.14. The average Bonchev–Trinajstić information content (AvgIpc) is 2.73. The molecule has 0 bridgehead atoms. The molecule has 2 rings (SSSR count). The van der Waals surface area contributed by atoms with Crippen LogP contribution in [-0.2, 0) is 6.61 Å². The Hall–Kier alpha value is -1.46. The Morgan fingerprint density at radius 2 is 2.28 bits per heavy atom. The lowest BCUT2D eigenvalue weighted by atomic mass is 10.1. The number of thiazole rings is 1. The summed E-state index contributed by atoms with van der Waals surface area (Å²) in [7, 11) is 0. The van der Waals surface area contributed by atoms with Crippen LogP contribution >= 0.6 is 11.3 Å². The van der Waals surface area contributed by atoms with Gasteiger partial charge in [-0.2, -0.15) is 0 Å². The van der Waals surface area contributed by atoms with Gasteiger partial charge in [-0.1, -0.05) is 0 Å². The van der Waals surface area contributed by atoms with Gasteiger partial charge >= 0.3 is 0 Å². The number of aryl methyl sites for hydroxylation is 1. The molecule has 1 heterocycles. The number of aromatic nitrogens is 1. The van der Waals surface area contributed by atoms with Gasteiger partial charge in [-0.3, -0.25) is 0 Å². The summed E-state index contributed by atoms with van der Waals surface area (Å²) < 4.78 is 18.8. The Morgan fingerprint density at radius 1 is 1.50 bits per heavy atom. The van der Waals surface area contributed by atoms with Crippen LogP contribution in [0.4, 0.5) is 4.39 Å². The molecule has 0 fully saturated rings. The Bertz CT molecular complexity index is 540. The van der Waals surface area contributed by atoms with E-state index in [1.165, 1.54) is 12.1 Å². The number of hydrogen-bond donors (Lipinski definition) is 1. The summed E-state index contributed by atoms with van der Waals surface area (Å²) in [5.74, 6) is 0.305. The summed E-state index contributed by atoms with van der Waals surface area (Å²) in [6.07, 6.45) is 0. The zero-order valence-electron chi connectivity index (χ0n) is 10.3. The molecule has 0 spiro atoms. The van der Waals surface area contributed by atoms with Gasteiger partial charge in [-0.05, 0) is 32.0 Å². The van der Waals surface area contributed by atoms with Crippen molar-refractivity contribution in [3.63, 3.8) is 0 Å². The van der Waals surface area contributed by atoms with Gasteiger partial charge in [0.15, 0.2) is 0 Å². The van der Waals surface area contributed by atoms with E-state index in [9.17, 15) is 4.39 Å². The Balaban J connectivity index is 2.13. The Labute approximate surface area is 109 Å². The number of nitrogens with two attached hydrogens (primary N) is 1. The van der Waals surface area contributed by atoms with Crippen molar-refractivity contribution >= 4 is 11.3 Å². The summed E-state index contributed by atoms with van der Waals surface area (Å²) >= 11 is 1.54. The smallest absolute Gasteiger partial charge is 0.140 e. The van der Waals surface area contributed by atoms with E-state index in [2.05, 4.69) is 4.98 Å². The lowest BCUT2D eigenvalue weighted by Gasteiger charge is -2.13. The maximum absolute atomic E-state index is 13.2. The maximum Gasteiger partial charge on any atom is 0.140 e. The van der Waals surface area contributed by atoms with Gasteiger partial charge in [0.2, 0.25) is 0 Å².